The number of hydrogen-bond acceptors (Lipinski definition) is 4. The van der Waals surface area contributed by atoms with Gasteiger partial charge in [0, 0.05) is 31.2 Å². The fourth-order valence-corrected chi connectivity index (χ4v) is 3.02. The van der Waals surface area contributed by atoms with Gasteiger partial charge in [-0.25, -0.2) is 0 Å². The number of para-hydroxylation sites is 1. The van der Waals surface area contributed by atoms with Crippen LogP contribution in [0.1, 0.15) is 12.0 Å². The van der Waals surface area contributed by atoms with Gasteiger partial charge in [0.1, 0.15) is 0 Å². The maximum Gasteiger partial charge on any atom is 0.234 e. The molecule has 6 heteroatoms. The van der Waals surface area contributed by atoms with E-state index >= 15 is 0 Å². The van der Waals surface area contributed by atoms with Gasteiger partial charge in [-0.05, 0) is 37.6 Å². The number of halogens is 1. The third kappa shape index (κ3) is 5.16. The maximum atomic E-state index is 12.1. The first kappa shape index (κ1) is 18.6. The van der Waals surface area contributed by atoms with Gasteiger partial charge in [0.15, 0.2) is 0 Å². The van der Waals surface area contributed by atoms with Crippen molar-refractivity contribution in [2.45, 2.75) is 12.8 Å². The van der Waals surface area contributed by atoms with Crippen LogP contribution in [0.15, 0.2) is 36.5 Å². The molecule has 1 aromatic carbocycles. The molecule has 0 aliphatic carbocycles. The molecule has 24 heavy (non-hydrogen) atoms. The Bertz CT molecular complexity index is 651. The summed E-state index contributed by atoms with van der Waals surface area (Å²) in [6.07, 6.45) is 3.73. The lowest BCUT2D eigenvalue weighted by molar-refractivity contribution is -0.122. The first-order chi connectivity index (χ1) is 11.3. The summed E-state index contributed by atoms with van der Waals surface area (Å²) >= 11 is 0. The van der Waals surface area contributed by atoms with Crippen LogP contribution in [0.25, 0.3) is 10.9 Å². The zero-order chi connectivity index (χ0) is 15.9. The average molecular weight is 349 g/mol. The fraction of sp³-hybridized carbons (Fsp3) is 0.444. The number of hydrogen-bond donors (Lipinski definition) is 2. The van der Waals surface area contributed by atoms with Crippen LogP contribution in [0.5, 0.6) is 0 Å². The molecule has 0 atom stereocenters. The van der Waals surface area contributed by atoms with Crippen LogP contribution in [0, 0.1) is 0 Å². The van der Waals surface area contributed by atoms with Gasteiger partial charge in [0.25, 0.3) is 0 Å². The Morgan fingerprint density at radius 1 is 1.21 bits per heavy atom. The molecule has 3 rings (SSSR count). The second kappa shape index (κ2) is 9.57. The summed E-state index contributed by atoms with van der Waals surface area (Å²) < 4.78 is 0. The molecule has 0 radical (unpaired) electrons. The predicted octanol–water partition coefficient (Wildman–Crippen LogP) is 1.61. The largest absolute Gasteiger partial charge is 0.355 e. The van der Waals surface area contributed by atoms with Crippen LogP contribution in [0.3, 0.4) is 0 Å². The maximum absolute atomic E-state index is 12.1. The van der Waals surface area contributed by atoms with Gasteiger partial charge in [-0.3, -0.25) is 14.7 Å². The van der Waals surface area contributed by atoms with Crippen LogP contribution in [-0.2, 0) is 11.2 Å². The standard InChI is InChI=1S/C18H24N4O.ClH/c23-17(14-22-12-3-8-19-11-13-22)20-10-7-16-5-1-4-15-6-2-9-21-18(15)16;/h1-2,4-6,9,19H,3,7-8,10-14H2,(H,20,23);1H. The summed E-state index contributed by atoms with van der Waals surface area (Å²) in [5.41, 5.74) is 2.21. The molecule has 0 spiro atoms. The van der Waals surface area contributed by atoms with Crippen molar-refractivity contribution in [1.82, 2.24) is 20.5 Å². The molecule has 1 aliphatic rings. The molecule has 5 nitrogen and oxygen atoms in total. The summed E-state index contributed by atoms with van der Waals surface area (Å²) in [5, 5.41) is 7.53. The van der Waals surface area contributed by atoms with Crippen molar-refractivity contribution in [2.24, 2.45) is 0 Å². The Labute approximate surface area is 149 Å². The van der Waals surface area contributed by atoms with Crippen molar-refractivity contribution in [3.05, 3.63) is 42.1 Å². The van der Waals surface area contributed by atoms with Gasteiger partial charge in [-0.1, -0.05) is 24.3 Å². The molecular formula is C18H25ClN4O. The number of nitrogens with zero attached hydrogens (tertiary/aromatic N) is 2. The third-order valence-electron chi connectivity index (χ3n) is 4.23. The Kier molecular flexibility index (Phi) is 7.43. The lowest BCUT2D eigenvalue weighted by Gasteiger charge is -2.18. The number of pyridine rings is 1. The number of nitrogens with one attached hydrogen (secondary N) is 2. The van der Waals surface area contributed by atoms with Gasteiger partial charge >= 0.3 is 0 Å². The minimum atomic E-state index is 0. The molecular weight excluding hydrogens is 324 g/mol. The molecule has 130 valence electrons. The normalized spacial score (nSPS) is 15.5. The summed E-state index contributed by atoms with van der Waals surface area (Å²) in [6, 6.07) is 10.2. The number of rotatable bonds is 5. The van der Waals surface area contributed by atoms with E-state index < -0.39 is 0 Å². The molecule has 2 heterocycles. The molecule has 1 aliphatic heterocycles. The fourth-order valence-electron chi connectivity index (χ4n) is 3.02. The number of aromatic nitrogens is 1. The van der Waals surface area contributed by atoms with Gasteiger partial charge in [-0.2, -0.15) is 0 Å². The van der Waals surface area contributed by atoms with Crippen molar-refractivity contribution in [1.29, 1.82) is 0 Å². The third-order valence-corrected chi connectivity index (χ3v) is 4.23. The molecule has 2 N–H and O–H groups in total. The van der Waals surface area contributed by atoms with Crippen LogP contribution in [-0.4, -0.2) is 55.1 Å². The van der Waals surface area contributed by atoms with E-state index in [1.807, 2.05) is 18.3 Å². The summed E-state index contributed by atoms with van der Waals surface area (Å²) in [5.74, 6) is 0.111. The van der Waals surface area contributed by atoms with E-state index in [1.54, 1.807) is 0 Å². The summed E-state index contributed by atoms with van der Waals surface area (Å²) in [6.45, 7) is 5.10. The highest BCUT2D eigenvalue weighted by molar-refractivity contribution is 5.85. The topological polar surface area (TPSA) is 57.3 Å². The monoisotopic (exact) mass is 348 g/mol. The van der Waals surface area contributed by atoms with Crippen LogP contribution < -0.4 is 10.6 Å². The summed E-state index contributed by atoms with van der Waals surface area (Å²) in [7, 11) is 0. The van der Waals surface area contributed by atoms with E-state index in [4.69, 9.17) is 0 Å². The van der Waals surface area contributed by atoms with E-state index in [1.165, 1.54) is 5.56 Å². The highest BCUT2D eigenvalue weighted by Crippen LogP contribution is 2.15. The Morgan fingerprint density at radius 3 is 3.00 bits per heavy atom. The number of benzene rings is 1. The van der Waals surface area contributed by atoms with Crippen molar-refractivity contribution >= 4 is 29.2 Å². The molecule has 2 aromatic rings. The Hall–Kier alpha value is -1.69. The average Bonchev–Trinajstić information content (AvgIpc) is 2.84. The SMILES string of the molecule is Cl.O=C(CN1CCCNCC1)NCCc1cccc2cccnc12. The van der Waals surface area contributed by atoms with Crippen molar-refractivity contribution in [2.75, 3.05) is 39.3 Å². The molecule has 0 bridgehead atoms. The number of amides is 1. The molecule has 1 saturated heterocycles. The van der Waals surface area contributed by atoms with E-state index in [2.05, 4.69) is 38.7 Å². The lowest BCUT2D eigenvalue weighted by atomic mass is 10.1. The molecule has 1 fully saturated rings. The van der Waals surface area contributed by atoms with Crippen LogP contribution in [0.2, 0.25) is 0 Å². The first-order valence-electron chi connectivity index (χ1n) is 8.35. The molecule has 0 saturated carbocycles. The Morgan fingerprint density at radius 2 is 2.08 bits per heavy atom. The number of fused-ring (bicyclic) bond motifs is 1. The quantitative estimate of drug-likeness (QED) is 0.862. The highest BCUT2D eigenvalue weighted by Gasteiger charge is 2.12. The van der Waals surface area contributed by atoms with Gasteiger partial charge in [0.05, 0.1) is 12.1 Å². The highest BCUT2D eigenvalue weighted by atomic mass is 35.5. The van der Waals surface area contributed by atoms with E-state index in [9.17, 15) is 4.79 Å². The molecule has 1 aromatic heterocycles. The van der Waals surface area contributed by atoms with E-state index in [0.29, 0.717) is 13.1 Å². The lowest BCUT2D eigenvalue weighted by Crippen LogP contribution is -2.39. The second-order valence-corrected chi connectivity index (χ2v) is 5.97. The van der Waals surface area contributed by atoms with Crippen molar-refractivity contribution in [3.8, 4) is 0 Å². The second-order valence-electron chi connectivity index (χ2n) is 5.97. The Balaban J connectivity index is 0.00000208. The molecule has 1 amide bonds. The smallest absolute Gasteiger partial charge is 0.234 e. The van der Waals surface area contributed by atoms with Gasteiger partial charge in [0.2, 0.25) is 5.91 Å². The zero-order valence-corrected chi connectivity index (χ0v) is 14.6. The van der Waals surface area contributed by atoms with E-state index in [-0.39, 0.29) is 18.3 Å². The summed E-state index contributed by atoms with van der Waals surface area (Å²) in [4.78, 5) is 18.8. The zero-order valence-electron chi connectivity index (χ0n) is 13.8. The predicted molar refractivity (Wildman–Crippen MR) is 99.6 cm³/mol. The van der Waals surface area contributed by atoms with E-state index in [0.717, 1.165) is 49.9 Å². The first-order valence-corrected chi connectivity index (χ1v) is 8.35. The van der Waals surface area contributed by atoms with Crippen molar-refractivity contribution in [3.63, 3.8) is 0 Å². The molecule has 0 unspecified atom stereocenters. The number of carbonyl (C=O) groups is 1. The van der Waals surface area contributed by atoms with Gasteiger partial charge < -0.3 is 10.6 Å². The van der Waals surface area contributed by atoms with Crippen molar-refractivity contribution < 1.29 is 4.79 Å². The minimum Gasteiger partial charge on any atom is -0.355 e. The number of carbonyl (C=O) groups excluding carboxylic acids is 1. The van der Waals surface area contributed by atoms with Crippen LogP contribution >= 0.6 is 12.4 Å². The van der Waals surface area contributed by atoms with Crippen LogP contribution in [0.4, 0.5) is 0 Å². The van der Waals surface area contributed by atoms with Gasteiger partial charge in [-0.15, -0.1) is 12.4 Å². The minimum absolute atomic E-state index is 0.